The first-order valence-electron chi connectivity index (χ1n) is 9.63. The Balaban J connectivity index is 1.79. The van der Waals surface area contributed by atoms with Gasteiger partial charge < -0.3 is 4.74 Å². The lowest BCUT2D eigenvalue weighted by molar-refractivity contribution is 0.103. The van der Waals surface area contributed by atoms with E-state index in [4.69, 9.17) is 4.74 Å². The van der Waals surface area contributed by atoms with Crippen LogP contribution in [-0.2, 0) is 0 Å². The molecule has 0 fully saturated rings. The number of ether oxygens (including phenoxy) is 1. The van der Waals surface area contributed by atoms with Gasteiger partial charge in [0.1, 0.15) is 5.75 Å². The molecule has 4 aromatic rings. The van der Waals surface area contributed by atoms with Gasteiger partial charge in [-0.3, -0.25) is 4.79 Å². The SMILES string of the molecule is COc1ccc(/C=N/n2cc(C(=O)c3ccccc3)c(-c3ccccc3)nc2=O)cc1. The van der Waals surface area contributed by atoms with E-state index in [9.17, 15) is 9.59 Å². The third-order valence-electron chi connectivity index (χ3n) is 4.68. The molecule has 31 heavy (non-hydrogen) atoms. The van der Waals surface area contributed by atoms with Gasteiger partial charge in [-0.15, -0.1) is 0 Å². The van der Waals surface area contributed by atoms with Gasteiger partial charge in [-0.05, 0) is 29.8 Å². The number of nitrogens with zero attached hydrogens (tertiary/aromatic N) is 3. The van der Waals surface area contributed by atoms with Gasteiger partial charge in [0.05, 0.1) is 24.6 Å². The molecule has 0 N–H and O–H groups in total. The van der Waals surface area contributed by atoms with Crippen LogP contribution in [-0.4, -0.2) is 28.8 Å². The maximum absolute atomic E-state index is 13.2. The van der Waals surface area contributed by atoms with Crippen LogP contribution in [0, 0.1) is 0 Å². The van der Waals surface area contributed by atoms with E-state index in [1.807, 2.05) is 48.5 Å². The second-order valence-corrected chi connectivity index (χ2v) is 6.71. The lowest BCUT2D eigenvalue weighted by atomic mass is 9.99. The topological polar surface area (TPSA) is 73.6 Å². The fourth-order valence-electron chi connectivity index (χ4n) is 3.07. The average molecular weight is 409 g/mol. The summed E-state index contributed by atoms with van der Waals surface area (Å²) in [4.78, 5) is 30.1. The van der Waals surface area contributed by atoms with Crippen LogP contribution in [0.15, 0.2) is 101 Å². The Hall–Kier alpha value is -4.32. The van der Waals surface area contributed by atoms with Crippen LogP contribution in [0.3, 0.4) is 0 Å². The van der Waals surface area contributed by atoms with Crippen molar-refractivity contribution in [2.24, 2.45) is 5.10 Å². The number of rotatable bonds is 6. The lowest BCUT2D eigenvalue weighted by Crippen LogP contribution is -2.23. The highest BCUT2D eigenvalue weighted by atomic mass is 16.5. The molecule has 1 heterocycles. The standard InChI is InChI=1S/C25H19N3O3/c1-31-21-14-12-18(13-15-21)16-26-28-17-22(24(29)20-10-6-3-7-11-20)23(27-25(28)30)19-8-4-2-5-9-19/h2-17H,1H3/b26-16+. The third kappa shape index (κ3) is 4.48. The molecule has 152 valence electrons. The Kier molecular flexibility index (Phi) is 5.80. The summed E-state index contributed by atoms with van der Waals surface area (Å²) in [5.74, 6) is 0.485. The van der Waals surface area contributed by atoms with Gasteiger partial charge in [-0.1, -0.05) is 60.7 Å². The zero-order chi connectivity index (χ0) is 21.6. The fraction of sp³-hybridized carbons (Fsp3) is 0.0400. The summed E-state index contributed by atoms with van der Waals surface area (Å²) >= 11 is 0. The Bertz CT molecular complexity index is 1280. The van der Waals surface area contributed by atoms with Crippen molar-refractivity contribution in [1.29, 1.82) is 0 Å². The molecule has 0 radical (unpaired) electrons. The summed E-state index contributed by atoms with van der Waals surface area (Å²) in [7, 11) is 1.59. The van der Waals surface area contributed by atoms with Crippen LogP contribution >= 0.6 is 0 Å². The van der Waals surface area contributed by atoms with E-state index in [0.717, 1.165) is 16.0 Å². The molecule has 0 saturated heterocycles. The Morgan fingerprint density at radius 3 is 2.23 bits per heavy atom. The number of methoxy groups -OCH3 is 1. The highest BCUT2D eigenvalue weighted by Gasteiger charge is 2.18. The van der Waals surface area contributed by atoms with Crippen molar-refractivity contribution in [2.75, 3.05) is 7.11 Å². The maximum Gasteiger partial charge on any atom is 0.368 e. The summed E-state index contributed by atoms with van der Waals surface area (Å²) in [6, 6.07) is 25.3. The maximum atomic E-state index is 13.2. The minimum Gasteiger partial charge on any atom is -0.497 e. The molecule has 3 aromatic carbocycles. The first-order chi connectivity index (χ1) is 15.2. The third-order valence-corrected chi connectivity index (χ3v) is 4.68. The predicted molar refractivity (Wildman–Crippen MR) is 120 cm³/mol. The van der Waals surface area contributed by atoms with Gasteiger partial charge >= 0.3 is 5.69 Å². The molecule has 0 atom stereocenters. The van der Waals surface area contributed by atoms with Crippen molar-refractivity contribution in [2.45, 2.75) is 0 Å². The first kappa shape index (κ1) is 20.0. The molecule has 0 saturated carbocycles. The second-order valence-electron chi connectivity index (χ2n) is 6.71. The van der Waals surface area contributed by atoms with Crippen molar-refractivity contribution in [3.05, 3.63) is 118 Å². The molecule has 0 aliphatic carbocycles. The van der Waals surface area contributed by atoms with Gasteiger partial charge in [0.2, 0.25) is 0 Å². The number of ketones is 1. The van der Waals surface area contributed by atoms with Gasteiger partial charge in [-0.2, -0.15) is 14.8 Å². The summed E-state index contributed by atoms with van der Waals surface area (Å²) in [6.07, 6.45) is 2.97. The molecule has 0 aliphatic rings. The van der Waals surface area contributed by atoms with E-state index < -0.39 is 5.69 Å². The molecule has 0 amide bonds. The molecule has 6 nitrogen and oxygen atoms in total. The quantitative estimate of drug-likeness (QED) is 0.356. The molecule has 0 bridgehead atoms. The molecular weight excluding hydrogens is 390 g/mol. The molecular formula is C25H19N3O3. The van der Waals surface area contributed by atoms with Crippen molar-refractivity contribution < 1.29 is 9.53 Å². The molecule has 6 heteroatoms. The monoisotopic (exact) mass is 409 g/mol. The first-order valence-corrected chi connectivity index (χ1v) is 9.63. The van der Waals surface area contributed by atoms with Gasteiger partial charge in [-0.25, -0.2) is 4.79 Å². The summed E-state index contributed by atoms with van der Waals surface area (Å²) in [5.41, 5.74) is 2.01. The van der Waals surface area contributed by atoms with Crippen molar-refractivity contribution in [1.82, 2.24) is 9.66 Å². The lowest BCUT2D eigenvalue weighted by Gasteiger charge is -2.10. The van der Waals surface area contributed by atoms with Crippen LogP contribution in [0.5, 0.6) is 5.75 Å². The number of benzene rings is 3. The molecule has 0 unspecified atom stereocenters. The molecule has 0 aliphatic heterocycles. The molecule has 1 aromatic heterocycles. The van der Waals surface area contributed by atoms with Crippen molar-refractivity contribution in [3.63, 3.8) is 0 Å². The van der Waals surface area contributed by atoms with Crippen molar-refractivity contribution in [3.8, 4) is 17.0 Å². The second kappa shape index (κ2) is 9.00. The van der Waals surface area contributed by atoms with Crippen LogP contribution < -0.4 is 10.4 Å². The van der Waals surface area contributed by atoms with Crippen LogP contribution in [0.1, 0.15) is 21.5 Å². The highest BCUT2D eigenvalue weighted by Crippen LogP contribution is 2.22. The van der Waals surface area contributed by atoms with Crippen LogP contribution in [0.25, 0.3) is 11.3 Å². The average Bonchev–Trinajstić information content (AvgIpc) is 2.84. The molecule has 4 rings (SSSR count). The van der Waals surface area contributed by atoms with Gasteiger partial charge in [0.25, 0.3) is 0 Å². The van der Waals surface area contributed by atoms with E-state index in [0.29, 0.717) is 22.4 Å². The largest absolute Gasteiger partial charge is 0.497 e. The summed E-state index contributed by atoms with van der Waals surface area (Å²) in [5, 5.41) is 4.23. The van der Waals surface area contributed by atoms with E-state index in [-0.39, 0.29) is 5.78 Å². The predicted octanol–water partition coefficient (Wildman–Crippen LogP) is 4.03. The van der Waals surface area contributed by atoms with E-state index in [2.05, 4.69) is 10.1 Å². The Labute approximate surface area is 179 Å². The highest BCUT2D eigenvalue weighted by molar-refractivity contribution is 6.12. The van der Waals surface area contributed by atoms with E-state index in [1.165, 1.54) is 12.4 Å². The van der Waals surface area contributed by atoms with Crippen LogP contribution in [0.2, 0.25) is 0 Å². The normalized spacial score (nSPS) is 10.9. The van der Waals surface area contributed by atoms with Gasteiger partial charge in [0, 0.05) is 17.3 Å². The number of carbonyl (C=O) groups is 1. The minimum absolute atomic E-state index is 0.236. The number of aromatic nitrogens is 2. The number of hydrogen-bond acceptors (Lipinski definition) is 5. The fourth-order valence-corrected chi connectivity index (χ4v) is 3.07. The van der Waals surface area contributed by atoms with E-state index >= 15 is 0 Å². The number of hydrogen-bond donors (Lipinski definition) is 0. The number of carbonyl (C=O) groups excluding carboxylic acids is 1. The molecule has 0 spiro atoms. The smallest absolute Gasteiger partial charge is 0.368 e. The van der Waals surface area contributed by atoms with E-state index in [1.54, 1.807) is 43.5 Å². The minimum atomic E-state index is -0.576. The summed E-state index contributed by atoms with van der Waals surface area (Å²) < 4.78 is 6.22. The Morgan fingerprint density at radius 2 is 1.58 bits per heavy atom. The van der Waals surface area contributed by atoms with Crippen LogP contribution in [0.4, 0.5) is 0 Å². The summed E-state index contributed by atoms with van der Waals surface area (Å²) in [6.45, 7) is 0. The Morgan fingerprint density at radius 1 is 0.935 bits per heavy atom. The zero-order valence-electron chi connectivity index (χ0n) is 16.8. The van der Waals surface area contributed by atoms with Crippen molar-refractivity contribution >= 4 is 12.0 Å². The zero-order valence-corrected chi connectivity index (χ0v) is 16.8. The van der Waals surface area contributed by atoms with Gasteiger partial charge in [0.15, 0.2) is 5.78 Å².